The lowest BCUT2D eigenvalue weighted by atomic mass is 9.90. The van der Waals surface area contributed by atoms with E-state index in [1.165, 1.54) is 0 Å². The van der Waals surface area contributed by atoms with Gasteiger partial charge in [-0.3, -0.25) is 4.79 Å². The second kappa shape index (κ2) is 5.54. The van der Waals surface area contributed by atoms with Crippen LogP contribution in [0, 0.1) is 6.92 Å². The van der Waals surface area contributed by atoms with Gasteiger partial charge in [0.2, 0.25) is 0 Å². The number of hydrogen-bond donors (Lipinski definition) is 1. The van der Waals surface area contributed by atoms with Crippen LogP contribution in [0.4, 0.5) is 0 Å². The Labute approximate surface area is 146 Å². The summed E-state index contributed by atoms with van der Waals surface area (Å²) in [4.78, 5) is 15.5. The Hall–Kier alpha value is -1.51. The Morgan fingerprint density at radius 1 is 1.22 bits per heavy atom. The van der Waals surface area contributed by atoms with Gasteiger partial charge in [-0.2, -0.15) is 0 Å². The summed E-state index contributed by atoms with van der Waals surface area (Å²) >= 11 is 12.6. The van der Waals surface area contributed by atoms with Crippen LogP contribution in [0.15, 0.2) is 29.6 Å². The van der Waals surface area contributed by atoms with Crippen LogP contribution in [0.3, 0.4) is 0 Å². The highest BCUT2D eigenvalue weighted by Gasteiger charge is 2.33. The van der Waals surface area contributed by atoms with Crippen molar-refractivity contribution in [3.63, 3.8) is 0 Å². The SMILES string of the molecule is C=C1CC(C)(C)c2[nH]c(=O)c(Cc3c(Cl)cc(C)cc3Cl)cc21. The topological polar surface area (TPSA) is 32.9 Å². The van der Waals surface area contributed by atoms with Crippen molar-refractivity contribution in [2.24, 2.45) is 0 Å². The van der Waals surface area contributed by atoms with Gasteiger partial charge in [0.25, 0.3) is 5.56 Å². The minimum atomic E-state index is -0.0840. The second-order valence-corrected chi connectivity index (χ2v) is 7.77. The quantitative estimate of drug-likeness (QED) is 0.787. The lowest BCUT2D eigenvalue weighted by molar-refractivity contribution is 0.543. The molecule has 0 aliphatic heterocycles. The Morgan fingerprint density at radius 2 is 1.83 bits per heavy atom. The number of H-pyrrole nitrogens is 1. The minimum absolute atomic E-state index is 0.0801. The number of pyridine rings is 1. The molecule has 0 spiro atoms. The minimum Gasteiger partial charge on any atom is -0.325 e. The molecular weight excluding hydrogens is 329 g/mol. The molecule has 0 saturated heterocycles. The van der Waals surface area contributed by atoms with Crippen LogP contribution in [0.25, 0.3) is 5.57 Å². The van der Waals surface area contributed by atoms with Crippen molar-refractivity contribution >= 4 is 28.8 Å². The zero-order valence-electron chi connectivity index (χ0n) is 13.5. The second-order valence-electron chi connectivity index (χ2n) is 6.96. The molecular formula is C19H19Cl2NO. The average molecular weight is 348 g/mol. The number of fused-ring (bicyclic) bond motifs is 1. The standard InChI is InChI=1S/C19H19Cl2NO/c1-10-5-15(20)14(16(21)6-10)8-12-7-13-11(2)9-19(3,4)17(13)22-18(12)23/h5-7H,2,8-9H2,1,3-4H3,(H,22,23). The third kappa shape index (κ3) is 2.86. The number of nitrogens with one attached hydrogen (secondary N) is 1. The molecule has 1 aliphatic carbocycles. The highest BCUT2D eigenvalue weighted by molar-refractivity contribution is 6.36. The van der Waals surface area contributed by atoms with Crippen LogP contribution in [0.1, 0.15) is 48.2 Å². The van der Waals surface area contributed by atoms with Gasteiger partial charge in [-0.1, -0.05) is 43.6 Å². The molecule has 0 saturated carbocycles. The lowest BCUT2D eigenvalue weighted by Gasteiger charge is -2.18. The zero-order chi connectivity index (χ0) is 16.9. The molecule has 0 atom stereocenters. The number of aromatic nitrogens is 1. The van der Waals surface area contributed by atoms with Gasteiger partial charge in [0.05, 0.1) is 0 Å². The summed E-state index contributed by atoms with van der Waals surface area (Å²) < 4.78 is 0. The average Bonchev–Trinajstić information content (AvgIpc) is 2.64. The molecule has 23 heavy (non-hydrogen) atoms. The van der Waals surface area contributed by atoms with E-state index < -0.39 is 0 Å². The van der Waals surface area contributed by atoms with Crippen molar-refractivity contribution in [2.75, 3.05) is 0 Å². The molecule has 4 heteroatoms. The first kappa shape index (κ1) is 16.4. The monoisotopic (exact) mass is 347 g/mol. The summed E-state index contributed by atoms with van der Waals surface area (Å²) in [6.07, 6.45) is 1.27. The van der Waals surface area contributed by atoms with Crippen LogP contribution < -0.4 is 5.56 Å². The predicted octanol–water partition coefficient (Wildman–Crippen LogP) is 5.28. The van der Waals surface area contributed by atoms with E-state index in [1.807, 2.05) is 25.1 Å². The fraction of sp³-hybridized carbons (Fsp3) is 0.316. The van der Waals surface area contributed by atoms with Gasteiger partial charge in [-0.05, 0) is 53.8 Å². The Morgan fingerprint density at radius 3 is 2.43 bits per heavy atom. The third-order valence-electron chi connectivity index (χ3n) is 4.48. The molecule has 0 radical (unpaired) electrons. The van der Waals surface area contributed by atoms with Gasteiger partial charge < -0.3 is 4.98 Å². The molecule has 2 nitrogen and oxygen atoms in total. The van der Waals surface area contributed by atoms with Crippen LogP contribution in [-0.4, -0.2) is 4.98 Å². The third-order valence-corrected chi connectivity index (χ3v) is 5.16. The van der Waals surface area contributed by atoms with Gasteiger partial charge in [-0.25, -0.2) is 0 Å². The van der Waals surface area contributed by atoms with Gasteiger partial charge in [0.1, 0.15) is 0 Å². The summed E-state index contributed by atoms with van der Waals surface area (Å²) in [5.74, 6) is 0. The zero-order valence-corrected chi connectivity index (χ0v) is 15.0. The van der Waals surface area contributed by atoms with E-state index >= 15 is 0 Å². The van der Waals surface area contributed by atoms with Crippen LogP contribution in [-0.2, 0) is 11.8 Å². The maximum Gasteiger partial charge on any atom is 0.251 e. The van der Waals surface area contributed by atoms with Crippen LogP contribution >= 0.6 is 23.2 Å². The molecule has 1 aromatic heterocycles. The van der Waals surface area contributed by atoms with E-state index in [4.69, 9.17) is 23.2 Å². The largest absolute Gasteiger partial charge is 0.325 e. The Kier molecular flexibility index (Phi) is 3.94. The van der Waals surface area contributed by atoms with E-state index in [1.54, 1.807) is 0 Å². The van der Waals surface area contributed by atoms with Crippen molar-refractivity contribution in [1.82, 2.24) is 4.98 Å². The Balaban J connectivity index is 2.09. The molecule has 3 rings (SSSR count). The fourth-order valence-corrected chi connectivity index (χ4v) is 4.05. The number of benzene rings is 1. The Bertz CT molecular complexity index is 854. The van der Waals surface area contributed by atoms with Gasteiger partial charge >= 0.3 is 0 Å². The molecule has 1 aromatic carbocycles. The molecule has 2 aromatic rings. The van der Waals surface area contributed by atoms with E-state index in [0.717, 1.165) is 34.4 Å². The molecule has 1 heterocycles. The smallest absolute Gasteiger partial charge is 0.251 e. The maximum absolute atomic E-state index is 12.5. The summed E-state index contributed by atoms with van der Waals surface area (Å²) in [6.45, 7) is 10.3. The van der Waals surface area contributed by atoms with E-state index in [-0.39, 0.29) is 11.0 Å². The summed E-state index contributed by atoms with van der Waals surface area (Å²) in [7, 11) is 0. The van der Waals surface area contributed by atoms with Crippen molar-refractivity contribution < 1.29 is 0 Å². The molecule has 0 bridgehead atoms. The predicted molar refractivity (Wildman–Crippen MR) is 97.7 cm³/mol. The van der Waals surface area contributed by atoms with Crippen molar-refractivity contribution in [1.29, 1.82) is 0 Å². The molecule has 1 aliphatic rings. The van der Waals surface area contributed by atoms with Crippen molar-refractivity contribution in [3.8, 4) is 0 Å². The lowest BCUT2D eigenvalue weighted by Crippen LogP contribution is -2.22. The first-order valence-electron chi connectivity index (χ1n) is 7.58. The van der Waals surface area contributed by atoms with Crippen molar-refractivity contribution in [3.05, 3.63) is 73.1 Å². The molecule has 120 valence electrons. The molecule has 1 N–H and O–H groups in total. The van der Waals surface area contributed by atoms with Gasteiger partial charge in [0, 0.05) is 33.1 Å². The first-order valence-corrected chi connectivity index (χ1v) is 8.34. The maximum atomic E-state index is 12.5. The molecule has 0 amide bonds. The number of allylic oxidation sites excluding steroid dienone is 1. The molecule has 0 unspecified atom stereocenters. The molecule has 0 fully saturated rings. The summed E-state index contributed by atoms with van der Waals surface area (Å²) in [6, 6.07) is 5.68. The van der Waals surface area contributed by atoms with Crippen molar-refractivity contribution in [2.45, 2.75) is 39.0 Å². The summed E-state index contributed by atoms with van der Waals surface area (Å²) in [5, 5.41) is 1.18. The van der Waals surface area contributed by atoms with E-state index in [2.05, 4.69) is 25.4 Å². The normalized spacial score (nSPS) is 15.8. The van der Waals surface area contributed by atoms with E-state index in [9.17, 15) is 4.79 Å². The van der Waals surface area contributed by atoms with Gasteiger partial charge in [0.15, 0.2) is 0 Å². The highest BCUT2D eigenvalue weighted by atomic mass is 35.5. The number of aryl methyl sites for hydroxylation is 1. The number of aromatic amines is 1. The number of rotatable bonds is 2. The summed E-state index contributed by atoms with van der Waals surface area (Å²) in [5.41, 5.74) is 5.36. The van der Waals surface area contributed by atoms with Crippen LogP contribution in [0.5, 0.6) is 0 Å². The number of hydrogen-bond acceptors (Lipinski definition) is 1. The van der Waals surface area contributed by atoms with E-state index in [0.29, 0.717) is 22.0 Å². The van der Waals surface area contributed by atoms with Gasteiger partial charge in [-0.15, -0.1) is 0 Å². The number of halogens is 2. The fourth-order valence-electron chi connectivity index (χ4n) is 3.32. The van der Waals surface area contributed by atoms with Crippen LogP contribution in [0.2, 0.25) is 10.0 Å². The highest BCUT2D eigenvalue weighted by Crippen LogP contribution is 2.43. The first-order chi connectivity index (χ1) is 10.7.